The van der Waals surface area contributed by atoms with E-state index in [-0.39, 0.29) is 6.04 Å². The Hall–Kier alpha value is -2.06. The van der Waals surface area contributed by atoms with Crippen LogP contribution in [-0.2, 0) is 0 Å². The Labute approximate surface area is 125 Å². The number of fused-ring (bicyclic) bond motifs is 1. The third-order valence-corrected chi connectivity index (χ3v) is 3.96. The Kier molecular flexibility index (Phi) is 3.56. The third-order valence-electron chi connectivity index (χ3n) is 3.96. The number of benzene rings is 2. The average molecular weight is 279 g/mol. The van der Waals surface area contributed by atoms with Gasteiger partial charge in [0.1, 0.15) is 11.3 Å². The second-order valence-corrected chi connectivity index (χ2v) is 5.99. The number of nitrogens with two attached hydrogens (primary N) is 1. The van der Waals surface area contributed by atoms with Crippen LogP contribution in [0.25, 0.3) is 11.0 Å². The molecule has 1 unspecified atom stereocenters. The summed E-state index contributed by atoms with van der Waals surface area (Å²) >= 11 is 0. The van der Waals surface area contributed by atoms with Crippen molar-refractivity contribution in [3.63, 3.8) is 0 Å². The molecule has 0 amide bonds. The van der Waals surface area contributed by atoms with Gasteiger partial charge in [-0.25, -0.2) is 0 Å². The molecule has 0 bridgehead atoms. The van der Waals surface area contributed by atoms with E-state index in [0.29, 0.717) is 5.92 Å². The van der Waals surface area contributed by atoms with Gasteiger partial charge in [-0.05, 0) is 42.2 Å². The Bertz CT molecular complexity index is 753. The first-order valence-corrected chi connectivity index (χ1v) is 7.40. The fourth-order valence-corrected chi connectivity index (χ4v) is 2.59. The van der Waals surface area contributed by atoms with Crippen LogP contribution in [0.2, 0.25) is 0 Å². The summed E-state index contributed by atoms with van der Waals surface area (Å²) in [6.07, 6.45) is 0. The van der Waals surface area contributed by atoms with Gasteiger partial charge in [-0.3, -0.25) is 0 Å². The van der Waals surface area contributed by atoms with E-state index < -0.39 is 0 Å². The highest BCUT2D eigenvalue weighted by atomic mass is 16.3. The fourth-order valence-electron chi connectivity index (χ4n) is 2.59. The van der Waals surface area contributed by atoms with Crippen LogP contribution in [0, 0.1) is 6.92 Å². The molecule has 3 rings (SSSR count). The first-order chi connectivity index (χ1) is 10.0. The predicted octanol–water partition coefficient (Wildman–Crippen LogP) is 4.91. The Morgan fingerprint density at radius 3 is 2.24 bits per heavy atom. The summed E-state index contributed by atoms with van der Waals surface area (Å²) in [5, 5.41) is 1.11. The summed E-state index contributed by atoms with van der Waals surface area (Å²) in [4.78, 5) is 0. The molecule has 21 heavy (non-hydrogen) atoms. The normalized spacial score (nSPS) is 13.0. The van der Waals surface area contributed by atoms with E-state index in [9.17, 15) is 0 Å². The predicted molar refractivity (Wildman–Crippen MR) is 87.5 cm³/mol. The van der Waals surface area contributed by atoms with E-state index in [4.69, 9.17) is 10.2 Å². The van der Waals surface area contributed by atoms with Crippen molar-refractivity contribution in [3.05, 3.63) is 71.0 Å². The third kappa shape index (κ3) is 2.72. The molecule has 0 aliphatic heterocycles. The van der Waals surface area contributed by atoms with Crippen molar-refractivity contribution in [3.8, 4) is 0 Å². The van der Waals surface area contributed by atoms with Gasteiger partial charge < -0.3 is 10.2 Å². The lowest BCUT2D eigenvalue weighted by atomic mass is 9.98. The maximum atomic E-state index is 6.35. The summed E-state index contributed by atoms with van der Waals surface area (Å²) < 4.78 is 5.89. The molecule has 0 aliphatic rings. The summed E-state index contributed by atoms with van der Waals surface area (Å²) in [5.74, 6) is 1.34. The molecule has 108 valence electrons. The highest BCUT2D eigenvalue weighted by Gasteiger charge is 2.14. The lowest BCUT2D eigenvalue weighted by Gasteiger charge is -2.11. The largest absolute Gasteiger partial charge is 0.459 e. The lowest BCUT2D eigenvalue weighted by molar-refractivity contribution is 0.525. The summed E-state index contributed by atoms with van der Waals surface area (Å²) in [7, 11) is 0. The molecule has 1 heterocycles. The molecule has 1 aromatic heterocycles. The zero-order chi connectivity index (χ0) is 15.0. The van der Waals surface area contributed by atoms with Gasteiger partial charge in [0.2, 0.25) is 0 Å². The Morgan fingerprint density at radius 2 is 1.57 bits per heavy atom. The molecule has 2 nitrogen and oxygen atoms in total. The number of hydrogen-bond acceptors (Lipinski definition) is 2. The molecule has 3 aromatic rings. The zero-order valence-corrected chi connectivity index (χ0v) is 12.8. The highest BCUT2D eigenvalue weighted by molar-refractivity contribution is 5.78. The molecule has 2 N–H and O–H groups in total. The molecule has 0 spiro atoms. The quantitative estimate of drug-likeness (QED) is 0.739. The molecule has 0 radical (unpaired) electrons. The Morgan fingerprint density at radius 1 is 0.905 bits per heavy atom. The van der Waals surface area contributed by atoms with E-state index >= 15 is 0 Å². The van der Waals surface area contributed by atoms with Crippen LogP contribution in [0.5, 0.6) is 0 Å². The van der Waals surface area contributed by atoms with Gasteiger partial charge >= 0.3 is 0 Å². The smallest absolute Gasteiger partial charge is 0.134 e. The van der Waals surface area contributed by atoms with Gasteiger partial charge in [0.25, 0.3) is 0 Å². The van der Waals surface area contributed by atoms with Crippen molar-refractivity contribution in [2.24, 2.45) is 5.73 Å². The van der Waals surface area contributed by atoms with Crippen molar-refractivity contribution < 1.29 is 4.42 Å². The molecular weight excluding hydrogens is 258 g/mol. The molecule has 1 atom stereocenters. The topological polar surface area (TPSA) is 39.2 Å². The molecule has 2 aromatic carbocycles. The zero-order valence-electron chi connectivity index (χ0n) is 12.8. The summed E-state index contributed by atoms with van der Waals surface area (Å²) in [5.41, 5.74) is 10.9. The van der Waals surface area contributed by atoms with Crippen LogP contribution >= 0.6 is 0 Å². The maximum absolute atomic E-state index is 6.35. The molecule has 0 fully saturated rings. The second-order valence-electron chi connectivity index (χ2n) is 5.99. The molecule has 0 saturated carbocycles. The number of hydrogen-bond donors (Lipinski definition) is 1. The summed E-state index contributed by atoms with van der Waals surface area (Å²) in [6.45, 7) is 6.46. The van der Waals surface area contributed by atoms with Crippen LogP contribution in [0.3, 0.4) is 0 Å². The number of rotatable bonds is 3. The van der Waals surface area contributed by atoms with E-state index in [1.165, 1.54) is 11.1 Å². The summed E-state index contributed by atoms with van der Waals surface area (Å²) in [6, 6.07) is 16.5. The van der Waals surface area contributed by atoms with Crippen molar-refractivity contribution in [1.82, 2.24) is 0 Å². The lowest BCUT2D eigenvalue weighted by Crippen LogP contribution is -2.10. The minimum absolute atomic E-state index is 0.223. The molecule has 0 saturated heterocycles. The van der Waals surface area contributed by atoms with Crippen molar-refractivity contribution in [1.29, 1.82) is 0 Å². The van der Waals surface area contributed by atoms with Crippen LogP contribution < -0.4 is 5.73 Å². The average Bonchev–Trinajstić information content (AvgIpc) is 2.89. The Balaban J connectivity index is 1.93. The van der Waals surface area contributed by atoms with Crippen molar-refractivity contribution >= 4 is 11.0 Å². The molecular formula is C19H21NO. The van der Waals surface area contributed by atoms with E-state index in [0.717, 1.165) is 22.3 Å². The first-order valence-electron chi connectivity index (χ1n) is 7.40. The minimum Gasteiger partial charge on any atom is -0.459 e. The minimum atomic E-state index is -0.223. The molecule has 2 heteroatoms. The molecule has 0 aliphatic carbocycles. The van der Waals surface area contributed by atoms with Crippen LogP contribution in [0.1, 0.15) is 48.3 Å². The SMILES string of the molecule is Cc1ccc2oc(C(N)c3ccc(C(C)C)cc3)cc2c1. The van der Waals surface area contributed by atoms with Crippen molar-refractivity contribution in [2.75, 3.05) is 0 Å². The van der Waals surface area contributed by atoms with Gasteiger partial charge in [-0.15, -0.1) is 0 Å². The van der Waals surface area contributed by atoms with Gasteiger partial charge in [0.15, 0.2) is 0 Å². The van der Waals surface area contributed by atoms with Crippen molar-refractivity contribution in [2.45, 2.75) is 32.7 Å². The van der Waals surface area contributed by atoms with E-state index in [2.05, 4.69) is 57.2 Å². The van der Waals surface area contributed by atoms with Gasteiger partial charge in [0.05, 0.1) is 6.04 Å². The maximum Gasteiger partial charge on any atom is 0.134 e. The van der Waals surface area contributed by atoms with E-state index in [1.807, 2.05) is 12.1 Å². The number of furan rings is 1. The van der Waals surface area contributed by atoms with Crippen LogP contribution in [-0.4, -0.2) is 0 Å². The van der Waals surface area contributed by atoms with Gasteiger partial charge in [0, 0.05) is 5.39 Å². The number of aryl methyl sites for hydroxylation is 1. The first kappa shape index (κ1) is 13.9. The monoisotopic (exact) mass is 279 g/mol. The van der Waals surface area contributed by atoms with Gasteiger partial charge in [-0.2, -0.15) is 0 Å². The van der Waals surface area contributed by atoms with Gasteiger partial charge in [-0.1, -0.05) is 49.7 Å². The van der Waals surface area contributed by atoms with E-state index in [1.54, 1.807) is 0 Å². The van der Waals surface area contributed by atoms with Crippen LogP contribution in [0.4, 0.5) is 0 Å². The van der Waals surface area contributed by atoms with Crippen LogP contribution in [0.15, 0.2) is 52.9 Å². The second kappa shape index (κ2) is 5.38. The highest BCUT2D eigenvalue weighted by Crippen LogP contribution is 2.28. The standard InChI is InChI=1S/C19H21NO/c1-12(2)14-5-7-15(8-6-14)19(20)18-11-16-10-13(3)4-9-17(16)21-18/h4-12,19H,20H2,1-3H3. The fraction of sp³-hybridized carbons (Fsp3) is 0.263.